The predicted octanol–water partition coefficient (Wildman–Crippen LogP) is 1.29. The van der Waals surface area contributed by atoms with Crippen LogP contribution in [0, 0.1) is 5.82 Å². The van der Waals surface area contributed by atoms with E-state index in [-0.39, 0.29) is 25.0 Å². The second-order valence-corrected chi connectivity index (χ2v) is 4.34. The molecule has 116 valence electrons. The molecule has 2 N–H and O–H groups in total. The van der Waals surface area contributed by atoms with Crippen molar-refractivity contribution < 1.29 is 18.7 Å². The van der Waals surface area contributed by atoms with Crippen LogP contribution in [0.4, 0.5) is 13.6 Å². The molecule has 22 heavy (non-hydrogen) atoms. The summed E-state index contributed by atoms with van der Waals surface area (Å²) in [6.45, 7) is -0.467. The monoisotopic (exact) mass is 310 g/mol. The number of nitrogens with one attached hydrogen (secondary N) is 1. The van der Waals surface area contributed by atoms with Crippen LogP contribution in [-0.4, -0.2) is 32.1 Å². The van der Waals surface area contributed by atoms with E-state index in [2.05, 4.69) is 5.10 Å². The number of halogens is 2. The van der Waals surface area contributed by atoms with Crippen LogP contribution in [-0.2, 0) is 6.54 Å². The van der Waals surface area contributed by atoms with Gasteiger partial charge >= 0.3 is 11.8 Å². The molecule has 1 amide bonds. The molecule has 0 aliphatic carbocycles. The Hall–Kier alpha value is -2.97. The van der Waals surface area contributed by atoms with Gasteiger partial charge in [0.2, 0.25) is 0 Å². The first-order valence-electron chi connectivity index (χ1n) is 6.16. The zero-order valence-corrected chi connectivity index (χ0v) is 11.2. The van der Waals surface area contributed by atoms with Gasteiger partial charge in [-0.15, -0.1) is 0 Å². The highest BCUT2D eigenvalue weighted by Crippen LogP contribution is 2.06. The van der Waals surface area contributed by atoms with E-state index in [4.69, 9.17) is 5.11 Å². The number of rotatable bonds is 5. The average molecular weight is 310 g/mol. The number of hydrogen-bond acceptors (Lipinski definition) is 3. The molecule has 0 saturated carbocycles. The molecule has 0 atom stereocenters. The summed E-state index contributed by atoms with van der Waals surface area (Å²) in [4.78, 5) is 22.5. The molecular weight excluding hydrogens is 298 g/mol. The molecule has 0 bridgehead atoms. The third-order valence-electron chi connectivity index (χ3n) is 2.81. The molecule has 0 aliphatic rings. The molecule has 9 heteroatoms. The first kappa shape index (κ1) is 15.4. The van der Waals surface area contributed by atoms with Gasteiger partial charge in [-0.1, -0.05) is 0 Å². The minimum Gasteiger partial charge on any atom is -0.465 e. The van der Waals surface area contributed by atoms with Crippen molar-refractivity contribution in [3.05, 3.63) is 58.8 Å². The van der Waals surface area contributed by atoms with E-state index in [9.17, 15) is 18.4 Å². The largest absolute Gasteiger partial charge is 0.465 e. The first-order valence-corrected chi connectivity index (χ1v) is 6.16. The summed E-state index contributed by atoms with van der Waals surface area (Å²) in [5.41, 5.74) is -0.109. The number of nitrogens with zero attached hydrogens (tertiary/aromatic N) is 3. The second kappa shape index (κ2) is 6.66. The summed E-state index contributed by atoms with van der Waals surface area (Å²) in [6, 6.07) is 5.20. The van der Waals surface area contributed by atoms with Crippen LogP contribution >= 0.6 is 0 Å². The van der Waals surface area contributed by atoms with Gasteiger partial charge in [-0.05, 0) is 29.8 Å². The summed E-state index contributed by atoms with van der Waals surface area (Å²) in [6.07, 6.45) is 0.138. The standard InChI is InChI=1S/C13H12F2N4O3/c14-5-9(6-16-12(20)21)7-19-13(22)18(8-17-19)11-3-1-10(15)2-4-11/h1-5,8,16H,6-7H2,(H,20,21)/b9-5-. The second-order valence-electron chi connectivity index (χ2n) is 4.34. The fraction of sp³-hybridized carbons (Fsp3) is 0.154. The lowest BCUT2D eigenvalue weighted by atomic mass is 10.3. The van der Waals surface area contributed by atoms with Gasteiger partial charge in [0.1, 0.15) is 12.1 Å². The molecule has 0 saturated heterocycles. The minimum atomic E-state index is -1.30. The highest BCUT2D eigenvalue weighted by atomic mass is 19.1. The first-order chi connectivity index (χ1) is 10.5. The van der Waals surface area contributed by atoms with Crippen molar-refractivity contribution in [3.8, 4) is 5.69 Å². The van der Waals surface area contributed by atoms with E-state index in [0.717, 1.165) is 4.68 Å². The van der Waals surface area contributed by atoms with Crippen LogP contribution in [0.5, 0.6) is 0 Å². The highest BCUT2D eigenvalue weighted by molar-refractivity contribution is 5.64. The van der Waals surface area contributed by atoms with Crippen molar-refractivity contribution in [2.45, 2.75) is 6.54 Å². The minimum absolute atomic E-state index is 0.0360. The predicted molar refractivity (Wildman–Crippen MR) is 73.0 cm³/mol. The van der Waals surface area contributed by atoms with E-state index in [1.165, 1.54) is 35.2 Å². The smallest absolute Gasteiger partial charge is 0.404 e. The molecule has 0 radical (unpaired) electrons. The van der Waals surface area contributed by atoms with Crippen molar-refractivity contribution >= 4 is 6.09 Å². The fourth-order valence-corrected chi connectivity index (χ4v) is 1.73. The highest BCUT2D eigenvalue weighted by Gasteiger charge is 2.10. The normalized spacial score (nSPS) is 11.5. The molecule has 0 spiro atoms. The van der Waals surface area contributed by atoms with Gasteiger partial charge in [0, 0.05) is 6.54 Å². The maximum atomic E-state index is 12.9. The number of amides is 1. The molecular formula is C13H12F2N4O3. The summed E-state index contributed by atoms with van der Waals surface area (Å²) >= 11 is 0. The zero-order chi connectivity index (χ0) is 16.1. The van der Waals surface area contributed by atoms with E-state index in [1.54, 1.807) is 0 Å². The Morgan fingerprint density at radius 3 is 2.64 bits per heavy atom. The molecule has 0 fully saturated rings. The Labute approximate surface area is 123 Å². The van der Waals surface area contributed by atoms with E-state index in [1.807, 2.05) is 5.32 Å². The van der Waals surface area contributed by atoms with Crippen molar-refractivity contribution in [1.29, 1.82) is 0 Å². The zero-order valence-electron chi connectivity index (χ0n) is 11.2. The maximum absolute atomic E-state index is 12.9. The Bertz CT molecular complexity index is 749. The lowest BCUT2D eigenvalue weighted by Crippen LogP contribution is -2.29. The molecule has 7 nitrogen and oxygen atoms in total. The lowest BCUT2D eigenvalue weighted by Gasteiger charge is -2.05. The maximum Gasteiger partial charge on any atom is 0.404 e. The Morgan fingerprint density at radius 2 is 2.05 bits per heavy atom. The number of hydrogen-bond donors (Lipinski definition) is 2. The van der Waals surface area contributed by atoms with Crippen molar-refractivity contribution in [3.63, 3.8) is 0 Å². The third kappa shape index (κ3) is 3.57. The van der Waals surface area contributed by atoms with Crippen LogP contribution in [0.2, 0.25) is 0 Å². The molecule has 0 unspecified atom stereocenters. The van der Waals surface area contributed by atoms with E-state index >= 15 is 0 Å². The average Bonchev–Trinajstić information content (AvgIpc) is 2.85. The van der Waals surface area contributed by atoms with Crippen molar-refractivity contribution in [2.24, 2.45) is 0 Å². The van der Waals surface area contributed by atoms with Crippen LogP contribution < -0.4 is 11.0 Å². The summed E-state index contributed by atoms with van der Waals surface area (Å²) in [7, 11) is 0. The lowest BCUT2D eigenvalue weighted by molar-refractivity contribution is 0.195. The van der Waals surface area contributed by atoms with E-state index in [0.29, 0.717) is 5.69 Å². The number of carbonyl (C=O) groups is 1. The van der Waals surface area contributed by atoms with Crippen LogP contribution in [0.3, 0.4) is 0 Å². The van der Waals surface area contributed by atoms with Gasteiger partial charge < -0.3 is 10.4 Å². The quantitative estimate of drug-likeness (QED) is 0.871. The molecule has 1 aromatic carbocycles. The third-order valence-corrected chi connectivity index (χ3v) is 2.81. The van der Waals surface area contributed by atoms with E-state index < -0.39 is 17.6 Å². The summed E-state index contributed by atoms with van der Waals surface area (Å²) < 4.78 is 27.7. The van der Waals surface area contributed by atoms with Crippen LogP contribution in [0.25, 0.3) is 5.69 Å². The topological polar surface area (TPSA) is 89.2 Å². The summed E-state index contributed by atoms with van der Waals surface area (Å²) in [5, 5.41) is 14.3. The Balaban J connectivity index is 2.19. The van der Waals surface area contributed by atoms with Gasteiger partial charge in [0.15, 0.2) is 0 Å². The molecule has 1 heterocycles. The van der Waals surface area contributed by atoms with Crippen molar-refractivity contribution in [1.82, 2.24) is 19.7 Å². The van der Waals surface area contributed by atoms with Gasteiger partial charge in [-0.2, -0.15) is 5.10 Å². The fourth-order valence-electron chi connectivity index (χ4n) is 1.73. The Morgan fingerprint density at radius 1 is 1.36 bits per heavy atom. The molecule has 2 rings (SSSR count). The van der Waals surface area contributed by atoms with Gasteiger partial charge in [0.05, 0.1) is 18.6 Å². The van der Waals surface area contributed by atoms with Crippen LogP contribution in [0.1, 0.15) is 0 Å². The SMILES string of the molecule is O=C(O)NC/C(=C/F)Cn1ncn(-c2ccc(F)cc2)c1=O. The molecule has 2 aromatic rings. The number of aromatic nitrogens is 3. The Kier molecular flexibility index (Phi) is 4.66. The summed E-state index contributed by atoms with van der Waals surface area (Å²) in [5.74, 6) is -0.438. The number of benzene rings is 1. The van der Waals surface area contributed by atoms with Crippen molar-refractivity contribution in [2.75, 3.05) is 6.54 Å². The van der Waals surface area contributed by atoms with Gasteiger partial charge in [-0.25, -0.2) is 27.6 Å². The van der Waals surface area contributed by atoms with Gasteiger partial charge in [-0.3, -0.25) is 0 Å². The molecule has 1 aromatic heterocycles. The molecule has 0 aliphatic heterocycles. The number of carboxylic acid groups (broad SMARTS) is 1. The van der Waals surface area contributed by atoms with Gasteiger partial charge in [0.25, 0.3) is 0 Å². The van der Waals surface area contributed by atoms with Crippen LogP contribution in [0.15, 0.2) is 47.3 Å².